The Morgan fingerprint density at radius 3 is 2.60 bits per heavy atom. The number of amides is 1. The summed E-state index contributed by atoms with van der Waals surface area (Å²) < 4.78 is 0. The summed E-state index contributed by atoms with van der Waals surface area (Å²) in [6.07, 6.45) is 0. The van der Waals surface area contributed by atoms with Gasteiger partial charge in [-0.25, -0.2) is 0 Å². The van der Waals surface area contributed by atoms with Crippen LogP contribution in [-0.2, 0) is 4.79 Å². The van der Waals surface area contributed by atoms with Crippen molar-refractivity contribution in [3.8, 4) is 0 Å². The number of hydrogen-bond acceptors (Lipinski definition) is 1. The smallest absolute Gasteiger partial charge is 0.232 e. The Balaban J connectivity index is 2.58. The van der Waals surface area contributed by atoms with Crippen LogP contribution >= 0.6 is 23.2 Å². The second kappa shape index (κ2) is 3.69. The van der Waals surface area contributed by atoms with Crippen LogP contribution in [0, 0.1) is 5.92 Å². The fraction of sp³-hybridized carbons (Fsp3) is 0.364. The first kappa shape index (κ1) is 10.8. The Kier molecular flexibility index (Phi) is 2.65. The van der Waals surface area contributed by atoms with Gasteiger partial charge in [0.05, 0.1) is 16.6 Å². The molecule has 2 rings (SSSR count). The maximum atomic E-state index is 11.7. The van der Waals surface area contributed by atoms with Gasteiger partial charge >= 0.3 is 0 Å². The van der Waals surface area contributed by atoms with Crippen LogP contribution in [0.4, 0.5) is 5.69 Å². The predicted molar refractivity (Wildman–Crippen MR) is 62.7 cm³/mol. The number of nitrogens with one attached hydrogen (secondary N) is 1. The molecule has 0 aromatic heterocycles. The van der Waals surface area contributed by atoms with E-state index in [1.165, 1.54) is 0 Å². The van der Waals surface area contributed by atoms with E-state index in [1.807, 2.05) is 19.9 Å². The monoisotopic (exact) mass is 243 g/mol. The van der Waals surface area contributed by atoms with E-state index in [2.05, 4.69) is 5.32 Å². The summed E-state index contributed by atoms with van der Waals surface area (Å²) in [5, 5.41) is 3.87. The van der Waals surface area contributed by atoms with Gasteiger partial charge < -0.3 is 5.32 Å². The molecular formula is C11H11Cl2NO. The summed E-state index contributed by atoms with van der Waals surface area (Å²) in [5.74, 6) is 0.0983. The number of carbonyl (C=O) groups excluding carboxylic acids is 1. The zero-order valence-corrected chi connectivity index (χ0v) is 9.99. The van der Waals surface area contributed by atoms with Crippen molar-refractivity contribution < 1.29 is 4.79 Å². The maximum Gasteiger partial charge on any atom is 0.232 e. The molecule has 15 heavy (non-hydrogen) atoms. The molecule has 0 aliphatic carbocycles. The molecule has 0 saturated heterocycles. The van der Waals surface area contributed by atoms with Crippen molar-refractivity contribution >= 4 is 34.8 Å². The van der Waals surface area contributed by atoms with Gasteiger partial charge in [0.15, 0.2) is 0 Å². The van der Waals surface area contributed by atoms with Gasteiger partial charge in [-0.1, -0.05) is 37.0 Å². The average molecular weight is 244 g/mol. The van der Waals surface area contributed by atoms with Crippen LogP contribution in [0.5, 0.6) is 0 Å². The Hall–Kier alpha value is -0.730. The number of rotatable bonds is 1. The second-order valence-electron chi connectivity index (χ2n) is 4.06. The minimum Gasteiger partial charge on any atom is -0.324 e. The van der Waals surface area contributed by atoms with E-state index in [0.717, 1.165) is 5.56 Å². The highest BCUT2D eigenvalue weighted by Crippen LogP contribution is 2.42. The Morgan fingerprint density at radius 2 is 2.00 bits per heavy atom. The lowest BCUT2D eigenvalue weighted by Crippen LogP contribution is -2.16. The molecule has 0 fully saturated rings. The van der Waals surface area contributed by atoms with Crippen molar-refractivity contribution in [1.82, 2.24) is 0 Å². The van der Waals surface area contributed by atoms with Gasteiger partial charge in [0.1, 0.15) is 0 Å². The van der Waals surface area contributed by atoms with Crippen LogP contribution in [-0.4, -0.2) is 5.91 Å². The van der Waals surface area contributed by atoms with Gasteiger partial charge in [-0.15, -0.1) is 0 Å². The van der Waals surface area contributed by atoms with Crippen molar-refractivity contribution in [3.05, 3.63) is 27.7 Å². The average Bonchev–Trinajstić information content (AvgIpc) is 2.41. The van der Waals surface area contributed by atoms with Crippen molar-refractivity contribution in [2.45, 2.75) is 19.8 Å². The highest BCUT2D eigenvalue weighted by atomic mass is 35.5. The topological polar surface area (TPSA) is 29.1 Å². The maximum absolute atomic E-state index is 11.7. The molecule has 1 aliphatic rings. The third-order valence-electron chi connectivity index (χ3n) is 2.62. The predicted octanol–water partition coefficient (Wildman–Crippen LogP) is 3.69. The molecule has 1 heterocycles. The molecule has 0 spiro atoms. The van der Waals surface area contributed by atoms with Crippen molar-refractivity contribution in [2.75, 3.05) is 5.32 Å². The zero-order chi connectivity index (χ0) is 11.2. The van der Waals surface area contributed by atoms with Crippen LogP contribution in [0.3, 0.4) is 0 Å². The summed E-state index contributed by atoms with van der Waals surface area (Å²) in [6, 6.07) is 3.45. The first-order valence-corrected chi connectivity index (χ1v) is 5.56. The van der Waals surface area contributed by atoms with Crippen LogP contribution < -0.4 is 5.32 Å². The largest absolute Gasteiger partial charge is 0.324 e. The lowest BCUT2D eigenvalue weighted by atomic mass is 9.90. The molecule has 1 aromatic carbocycles. The minimum absolute atomic E-state index is 0.00386. The molecule has 0 saturated carbocycles. The molecule has 1 atom stereocenters. The molecule has 0 radical (unpaired) electrons. The van der Waals surface area contributed by atoms with E-state index < -0.39 is 0 Å². The van der Waals surface area contributed by atoms with E-state index in [-0.39, 0.29) is 17.7 Å². The van der Waals surface area contributed by atoms with Gasteiger partial charge in [-0.3, -0.25) is 4.79 Å². The highest BCUT2D eigenvalue weighted by molar-refractivity contribution is 6.37. The van der Waals surface area contributed by atoms with Crippen molar-refractivity contribution in [2.24, 2.45) is 5.92 Å². The minimum atomic E-state index is -0.142. The van der Waals surface area contributed by atoms with Crippen molar-refractivity contribution in [1.29, 1.82) is 0 Å². The molecule has 1 aliphatic heterocycles. The van der Waals surface area contributed by atoms with Crippen LogP contribution in [0.25, 0.3) is 0 Å². The molecule has 2 nitrogen and oxygen atoms in total. The van der Waals surface area contributed by atoms with Gasteiger partial charge in [-0.05, 0) is 23.6 Å². The van der Waals surface area contributed by atoms with Gasteiger partial charge in [0.2, 0.25) is 5.91 Å². The van der Waals surface area contributed by atoms with E-state index in [1.54, 1.807) is 6.07 Å². The summed E-state index contributed by atoms with van der Waals surface area (Å²) in [4.78, 5) is 11.7. The second-order valence-corrected chi connectivity index (χ2v) is 4.91. The lowest BCUT2D eigenvalue weighted by molar-refractivity contribution is -0.117. The molecule has 80 valence electrons. The molecule has 4 heteroatoms. The third kappa shape index (κ3) is 1.72. The lowest BCUT2D eigenvalue weighted by Gasteiger charge is -2.12. The van der Waals surface area contributed by atoms with E-state index >= 15 is 0 Å². The van der Waals surface area contributed by atoms with Crippen LogP contribution in [0.15, 0.2) is 12.1 Å². The number of anilines is 1. The molecule has 1 unspecified atom stereocenters. The summed E-state index contributed by atoms with van der Waals surface area (Å²) in [7, 11) is 0. The number of carbonyl (C=O) groups is 1. The van der Waals surface area contributed by atoms with Crippen LogP contribution in [0.1, 0.15) is 25.3 Å². The molecule has 1 N–H and O–H groups in total. The SMILES string of the molecule is CC(C)C1C(=O)Nc2c(Cl)cc(Cl)cc21. The first-order valence-electron chi connectivity index (χ1n) is 4.80. The molecular weight excluding hydrogens is 233 g/mol. The van der Waals surface area contributed by atoms with E-state index in [9.17, 15) is 4.79 Å². The van der Waals surface area contributed by atoms with Crippen LogP contribution in [0.2, 0.25) is 10.0 Å². The Morgan fingerprint density at radius 1 is 1.33 bits per heavy atom. The van der Waals surface area contributed by atoms with Gasteiger partial charge in [-0.2, -0.15) is 0 Å². The number of hydrogen-bond donors (Lipinski definition) is 1. The molecule has 1 amide bonds. The van der Waals surface area contributed by atoms with E-state index in [0.29, 0.717) is 15.7 Å². The van der Waals surface area contributed by atoms with Gasteiger partial charge in [0, 0.05) is 5.02 Å². The Bertz CT molecular complexity index is 429. The number of halogens is 2. The molecule has 1 aromatic rings. The molecule has 0 bridgehead atoms. The summed E-state index contributed by atoms with van der Waals surface area (Å²) in [6.45, 7) is 4.02. The highest BCUT2D eigenvalue weighted by Gasteiger charge is 2.34. The fourth-order valence-electron chi connectivity index (χ4n) is 1.97. The third-order valence-corrected chi connectivity index (χ3v) is 3.13. The van der Waals surface area contributed by atoms with Gasteiger partial charge in [0.25, 0.3) is 0 Å². The standard InChI is InChI=1S/C11H11Cl2NO/c1-5(2)9-7-3-6(12)4-8(13)10(7)14-11(9)15/h3-5,9H,1-2H3,(H,14,15). The Labute approximate surface area is 98.6 Å². The summed E-state index contributed by atoms with van der Waals surface area (Å²) in [5.41, 5.74) is 1.62. The zero-order valence-electron chi connectivity index (χ0n) is 8.47. The normalized spacial score (nSPS) is 19.3. The number of fused-ring (bicyclic) bond motifs is 1. The summed E-state index contributed by atoms with van der Waals surface area (Å²) >= 11 is 11.9. The quantitative estimate of drug-likeness (QED) is 0.801. The van der Waals surface area contributed by atoms with E-state index in [4.69, 9.17) is 23.2 Å². The first-order chi connectivity index (χ1) is 7.00. The number of benzene rings is 1. The van der Waals surface area contributed by atoms with Crippen molar-refractivity contribution in [3.63, 3.8) is 0 Å². The fourth-order valence-corrected chi connectivity index (χ4v) is 2.53.